The van der Waals surface area contributed by atoms with Gasteiger partial charge in [-0.2, -0.15) is 0 Å². The standard InChI is InChI=1S/C12H12ClNO2/c13-10(15)12(7-8-12)11(16)14-9-5-3-1-2-4-6-9/h1,3-6H,2,7-8H2,(H,14,16). The summed E-state index contributed by atoms with van der Waals surface area (Å²) < 4.78 is 0. The number of hydrogen-bond acceptors (Lipinski definition) is 2. The maximum atomic E-state index is 11.8. The van der Waals surface area contributed by atoms with Gasteiger partial charge < -0.3 is 5.32 Å². The Hall–Kier alpha value is -1.35. The van der Waals surface area contributed by atoms with Crippen molar-refractivity contribution >= 4 is 22.8 Å². The van der Waals surface area contributed by atoms with Gasteiger partial charge in [0.15, 0.2) is 0 Å². The molecule has 0 atom stereocenters. The van der Waals surface area contributed by atoms with Crippen molar-refractivity contribution in [3.05, 3.63) is 36.1 Å². The van der Waals surface area contributed by atoms with E-state index in [1.165, 1.54) is 0 Å². The minimum Gasteiger partial charge on any atom is -0.325 e. The highest BCUT2D eigenvalue weighted by molar-refractivity contribution is 6.67. The Morgan fingerprint density at radius 2 is 2.06 bits per heavy atom. The van der Waals surface area contributed by atoms with Gasteiger partial charge >= 0.3 is 0 Å². The number of amides is 1. The third-order valence-corrected chi connectivity index (χ3v) is 3.16. The van der Waals surface area contributed by atoms with Crippen LogP contribution in [0, 0.1) is 5.41 Å². The predicted octanol–water partition coefficient (Wildman–Crippen LogP) is 2.05. The molecule has 0 aromatic rings. The molecule has 0 aromatic heterocycles. The van der Waals surface area contributed by atoms with Crippen molar-refractivity contribution in [3.8, 4) is 0 Å². The average molecular weight is 238 g/mol. The third kappa shape index (κ3) is 2.09. The van der Waals surface area contributed by atoms with Gasteiger partial charge in [-0.25, -0.2) is 0 Å². The lowest BCUT2D eigenvalue weighted by Gasteiger charge is -2.10. The highest BCUT2D eigenvalue weighted by atomic mass is 35.5. The Kier molecular flexibility index (Phi) is 2.97. The first-order chi connectivity index (χ1) is 7.65. The van der Waals surface area contributed by atoms with E-state index in [4.69, 9.17) is 11.6 Å². The molecule has 0 aromatic carbocycles. The molecule has 16 heavy (non-hydrogen) atoms. The van der Waals surface area contributed by atoms with Crippen LogP contribution in [0.25, 0.3) is 0 Å². The van der Waals surface area contributed by atoms with E-state index in [0.717, 1.165) is 6.42 Å². The molecule has 0 bridgehead atoms. The molecule has 1 N–H and O–H groups in total. The lowest BCUT2D eigenvalue weighted by atomic mass is 10.1. The normalized spacial score (nSPS) is 20.9. The quantitative estimate of drug-likeness (QED) is 0.603. The molecule has 0 heterocycles. The van der Waals surface area contributed by atoms with Crippen molar-refractivity contribution in [2.75, 3.05) is 0 Å². The smallest absolute Gasteiger partial charge is 0.239 e. The Morgan fingerprint density at radius 3 is 2.69 bits per heavy atom. The summed E-state index contributed by atoms with van der Waals surface area (Å²) in [6, 6.07) is 0. The van der Waals surface area contributed by atoms with E-state index < -0.39 is 10.7 Å². The lowest BCUT2D eigenvalue weighted by molar-refractivity contribution is -0.131. The van der Waals surface area contributed by atoms with Crippen LogP contribution in [0.2, 0.25) is 0 Å². The molecule has 0 aliphatic heterocycles. The van der Waals surface area contributed by atoms with Crippen molar-refractivity contribution in [1.82, 2.24) is 5.32 Å². The molecule has 0 saturated heterocycles. The molecule has 0 spiro atoms. The largest absolute Gasteiger partial charge is 0.325 e. The van der Waals surface area contributed by atoms with Crippen LogP contribution < -0.4 is 5.32 Å². The molecule has 1 fully saturated rings. The van der Waals surface area contributed by atoms with E-state index >= 15 is 0 Å². The first-order valence-corrected chi connectivity index (χ1v) is 5.58. The number of carbonyl (C=O) groups is 2. The molecule has 0 radical (unpaired) electrons. The maximum Gasteiger partial charge on any atom is 0.239 e. The highest BCUT2D eigenvalue weighted by Crippen LogP contribution is 2.47. The third-order valence-electron chi connectivity index (χ3n) is 2.80. The Morgan fingerprint density at radius 1 is 1.31 bits per heavy atom. The van der Waals surface area contributed by atoms with Crippen LogP contribution in [0.1, 0.15) is 19.3 Å². The molecular weight excluding hydrogens is 226 g/mol. The summed E-state index contributed by atoms with van der Waals surface area (Å²) in [5, 5.41) is 2.17. The second kappa shape index (κ2) is 4.26. The van der Waals surface area contributed by atoms with Gasteiger partial charge in [-0.3, -0.25) is 9.59 Å². The predicted molar refractivity (Wildman–Crippen MR) is 61.6 cm³/mol. The van der Waals surface area contributed by atoms with Crippen LogP contribution in [0.3, 0.4) is 0 Å². The summed E-state index contributed by atoms with van der Waals surface area (Å²) in [6.45, 7) is 0. The molecular formula is C12H12ClNO2. The highest BCUT2D eigenvalue weighted by Gasteiger charge is 2.55. The van der Waals surface area contributed by atoms with Crippen molar-refractivity contribution < 1.29 is 9.59 Å². The minimum absolute atomic E-state index is 0.293. The first kappa shape index (κ1) is 11.1. The van der Waals surface area contributed by atoms with Crippen LogP contribution in [-0.4, -0.2) is 11.1 Å². The van der Waals surface area contributed by atoms with Crippen molar-refractivity contribution in [2.45, 2.75) is 19.3 Å². The summed E-state index contributed by atoms with van der Waals surface area (Å²) in [4.78, 5) is 23.0. The minimum atomic E-state index is -0.966. The zero-order valence-corrected chi connectivity index (χ0v) is 9.46. The summed E-state index contributed by atoms with van der Waals surface area (Å²) >= 11 is 5.43. The molecule has 2 rings (SSSR count). The fourth-order valence-electron chi connectivity index (χ4n) is 1.55. The monoisotopic (exact) mass is 237 g/mol. The van der Waals surface area contributed by atoms with Crippen molar-refractivity contribution in [1.29, 1.82) is 0 Å². The van der Waals surface area contributed by atoms with E-state index in [9.17, 15) is 9.59 Å². The second-order valence-electron chi connectivity index (χ2n) is 4.00. The number of allylic oxidation sites excluding steroid dienone is 5. The van der Waals surface area contributed by atoms with Crippen LogP contribution in [-0.2, 0) is 9.59 Å². The van der Waals surface area contributed by atoms with E-state index in [2.05, 4.69) is 5.32 Å². The number of rotatable bonds is 3. The van der Waals surface area contributed by atoms with Gasteiger partial charge in [0.2, 0.25) is 11.1 Å². The van der Waals surface area contributed by atoms with Gasteiger partial charge in [0.25, 0.3) is 0 Å². The van der Waals surface area contributed by atoms with Crippen LogP contribution in [0.15, 0.2) is 36.1 Å². The van der Waals surface area contributed by atoms with Gasteiger partial charge in [0.1, 0.15) is 5.41 Å². The van der Waals surface area contributed by atoms with Gasteiger partial charge in [-0.1, -0.05) is 18.2 Å². The lowest BCUT2D eigenvalue weighted by Crippen LogP contribution is -2.34. The van der Waals surface area contributed by atoms with Gasteiger partial charge in [-0.05, 0) is 43.0 Å². The molecule has 3 nitrogen and oxygen atoms in total. The van der Waals surface area contributed by atoms with E-state index in [1.54, 1.807) is 6.08 Å². The zero-order chi connectivity index (χ0) is 11.6. The van der Waals surface area contributed by atoms with E-state index in [0.29, 0.717) is 18.5 Å². The zero-order valence-electron chi connectivity index (χ0n) is 8.70. The first-order valence-electron chi connectivity index (χ1n) is 5.20. The summed E-state index contributed by atoms with van der Waals surface area (Å²) in [5.74, 6) is -0.293. The van der Waals surface area contributed by atoms with Crippen LogP contribution in [0.5, 0.6) is 0 Å². The topological polar surface area (TPSA) is 46.2 Å². The molecule has 0 unspecified atom stereocenters. The number of hydrogen-bond donors (Lipinski definition) is 1. The SMILES string of the molecule is O=C(Cl)C1(C(=O)NC2=CC=CCC=C2)CC1. The Bertz CT molecular complexity index is 417. The van der Waals surface area contributed by atoms with Crippen LogP contribution >= 0.6 is 11.6 Å². The molecule has 1 amide bonds. The van der Waals surface area contributed by atoms with Crippen LogP contribution in [0.4, 0.5) is 0 Å². The van der Waals surface area contributed by atoms with Crippen molar-refractivity contribution in [2.24, 2.45) is 5.41 Å². The van der Waals surface area contributed by atoms with Gasteiger partial charge in [0.05, 0.1) is 0 Å². The molecule has 4 heteroatoms. The Labute approximate surface area is 98.8 Å². The fourth-order valence-corrected chi connectivity index (χ4v) is 1.83. The number of nitrogens with one attached hydrogen (secondary N) is 1. The molecule has 84 valence electrons. The fraction of sp³-hybridized carbons (Fsp3) is 0.333. The van der Waals surface area contributed by atoms with E-state index in [1.807, 2.05) is 24.3 Å². The number of halogens is 1. The van der Waals surface area contributed by atoms with Crippen molar-refractivity contribution in [3.63, 3.8) is 0 Å². The molecule has 2 aliphatic rings. The maximum absolute atomic E-state index is 11.8. The molecule has 1 saturated carbocycles. The van der Waals surface area contributed by atoms with E-state index in [-0.39, 0.29) is 5.91 Å². The Balaban J connectivity index is 2.05. The summed E-state index contributed by atoms with van der Waals surface area (Å²) in [5.41, 5.74) is -0.269. The average Bonchev–Trinajstić information content (AvgIpc) is 3.03. The number of carbonyl (C=O) groups excluding carboxylic acids is 2. The molecule has 2 aliphatic carbocycles. The summed E-state index contributed by atoms with van der Waals surface area (Å²) in [6.07, 6.45) is 11.4. The van der Waals surface area contributed by atoms with Gasteiger partial charge in [-0.15, -0.1) is 0 Å². The second-order valence-corrected chi connectivity index (χ2v) is 4.34. The van der Waals surface area contributed by atoms with Gasteiger partial charge in [0, 0.05) is 5.70 Å². The summed E-state index contributed by atoms with van der Waals surface area (Å²) in [7, 11) is 0.